The molecule has 0 bridgehead atoms. The molecule has 1 aromatic heterocycles. The van der Waals surface area contributed by atoms with E-state index in [-0.39, 0.29) is 35.3 Å². The van der Waals surface area contributed by atoms with Crippen molar-refractivity contribution in [3.8, 4) is 0 Å². The third-order valence-electron chi connectivity index (χ3n) is 4.57. The molecule has 2 aliphatic heterocycles. The molecule has 0 aliphatic carbocycles. The van der Waals surface area contributed by atoms with Crippen LogP contribution in [0.5, 0.6) is 0 Å². The molecule has 1 aromatic rings. The van der Waals surface area contributed by atoms with Crippen molar-refractivity contribution in [1.82, 2.24) is 10.2 Å². The quantitative estimate of drug-likeness (QED) is 0.895. The molecule has 0 saturated carbocycles. The molecular weight excluding hydrogens is 304 g/mol. The van der Waals surface area contributed by atoms with Crippen LogP contribution in [0.1, 0.15) is 35.4 Å². The van der Waals surface area contributed by atoms with Gasteiger partial charge in [-0.1, -0.05) is 6.42 Å². The Bertz CT molecular complexity index is 646. The maximum absolute atomic E-state index is 12.3. The molecule has 2 fully saturated rings. The van der Waals surface area contributed by atoms with Crippen LogP contribution < -0.4 is 5.32 Å². The van der Waals surface area contributed by atoms with Crippen molar-refractivity contribution in [1.29, 1.82) is 0 Å². The number of amides is 1. The summed E-state index contributed by atoms with van der Waals surface area (Å²) >= 11 is 0. The second kappa shape index (κ2) is 6.04. The van der Waals surface area contributed by atoms with E-state index in [9.17, 15) is 13.2 Å². The molecule has 1 amide bonds. The van der Waals surface area contributed by atoms with Crippen molar-refractivity contribution >= 4 is 15.7 Å². The monoisotopic (exact) mass is 326 g/mol. The van der Waals surface area contributed by atoms with Gasteiger partial charge in [-0.2, -0.15) is 0 Å². The Morgan fingerprint density at radius 2 is 2.00 bits per heavy atom. The lowest BCUT2D eigenvalue weighted by atomic mass is 10.0. The van der Waals surface area contributed by atoms with E-state index >= 15 is 0 Å². The number of hydrogen-bond donors (Lipinski definition) is 1. The number of nitrogens with one attached hydrogen (secondary N) is 1. The second-order valence-electron chi connectivity index (χ2n) is 6.25. The van der Waals surface area contributed by atoms with Crippen molar-refractivity contribution < 1.29 is 17.6 Å². The van der Waals surface area contributed by atoms with Crippen molar-refractivity contribution in [2.45, 2.75) is 38.3 Å². The van der Waals surface area contributed by atoms with Crippen LogP contribution in [0.25, 0.3) is 0 Å². The summed E-state index contributed by atoms with van der Waals surface area (Å²) in [4.78, 5) is 14.5. The molecule has 1 N–H and O–H groups in total. The SMILES string of the molecule is Cc1ccoc1C(=O)N[C@@H]1CS(=O)(=O)C[C@H]1N1CCCCC1. The molecule has 22 heavy (non-hydrogen) atoms. The average molecular weight is 326 g/mol. The third-order valence-corrected chi connectivity index (χ3v) is 6.28. The summed E-state index contributed by atoms with van der Waals surface area (Å²) in [6.07, 6.45) is 4.85. The zero-order valence-electron chi connectivity index (χ0n) is 12.7. The average Bonchev–Trinajstić information content (AvgIpc) is 3.03. The third kappa shape index (κ3) is 3.20. The van der Waals surface area contributed by atoms with Crippen LogP contribution in [0.15, 0.2) is 16.7 Å². The minimum Gasteiger partial charge on any atom is -0.459 e. The highest BCUT2D eigenvalue weighted by Crippen LogP contribution is 2.23. The van der Waals surface area contributed by atoms with E-state index in [4.69, 9.17) is 4.42 Å². The molecule has 2 aliphatic rings. The molecule has 0 radical (unpaired) electrons. The highest BCUT2D eigenvalue weighted by atomic mass is 32.2. The van der Waals surface area contributed by atoms with Crippen molar-refractivity contribution in [3.05, 3.63) is 23.7 Å². The predicted octanol–water partition coefficient (Wildman–Crippen LogP) is 0.969. The van der Waals surface area contributed by atoms with E-state index in [0.717, 1.165) is 31.5 Å². The molecule has 0 spiro atoms. The summed E-state index contributed by atoms with van der Waals surface area (Å²) in [7, 11) is -3.11. The highest BCUT2D eigenvalue weighted by molar-refractivity contribution is 7.91. The normalized spacial score (nSPS) is 28.6. The smallest absolute Gasteiger partial charge is 0.287 e. The molecule has 6 nitrogen and oxygen atoms in total. The van der Waals surface area contributed by atoms with Crippen LogP contribution in [0.4, 0.5) is 0 Å². The molecule has 3 rings (SSSR count). The summed E-state index contributed by atoms with van der Waals surface area (Å²) in [5.74, 6) is 0.0858. The lowest BCUT2D eigenvalue weighted by Gasteiger charge is -2.34. The molecular formula is C15H22N2O4S. The first-order valence-electron chi connectivity index (χ1n) is 7.76. The molecule has 0 unspecified atom stereocenters. The number of likely N-dealkylation sites (tertiary alicyclic amines) is 1. The maximum atomic E-state index is 12.3. The fraction of sp³-hybridized carbons (Fsp3) is 0.667. The van der Waals surface area contributed by atoms with Gasteiger partial charge in [0.15, 0.2) is 15.6 Å². The highest BCUT2D eigenvalue weighted by Gasteiger charge is 2.42. The van der Waals surface area contributed by atoms with Crippen LogP contribution in [0.3, 0.4) is 0 Å². The van der Waals surface area contributed by atoms with Crippen LogP contribution in [0.2, 0.25) is 0 Å². The van der Waals surface area contributed by atoms with Crippen molar-refractivity contribution in [2.75, 3.05) is 24.6 Å². The predicted molar refractivity (Wildman–Crippen MR) is 82.6 cm³/mol. The maximum Gasteiger partial charge on any atom is 0.287 e. The van der Waals surface area contributed by atoms with Gasteiger partial charge in [-0.25, -0.2) is 8.42 Å². The summed E-state index contributed by atoms with van der Waals surface area (Å²) < 4.78 is 29.2. The van der Waals surface area contributed by atoms with Gasteiger partial charge in [0.05, 0.1) is 23.8 Å². The van der Waals surface area contributed by atoms with Gasteiger partial charge >= 0.3 is 0 Å². The first kappa shape index (κ1) is 15.6. The fourth-order valence-electron chi connectivity index (χ4n) is 3.42. The minimum atomic E-state index is -3.11. The second-order valence-corrected chi connectivity index (χ2v) is 8.41. The number of sulfone groups is 1. The number of carbonyl (C=O) groups excluding carboxylic acids is 1. The Kier molecular flexibility index (Phi) is 4.27. The van der Waals surface area contributed by atoms with Gasteiger partial charge in [-0.3, -0.25) is 9.69 Å². The van der Waals surface area contributed by atoms with Crippen molar-refractivity contribution in [3.63, 3.8) is 0 Å². The Balaban J connectivity index is 1.75. The summed E-state index contributed by atoms with van der Waals surface area (Å²) in [6, 6.07) is 1.24. The van der Waals surface area contributed by atoms with E-state index in [1.807, 2.05) is 0 Å². The zero-order chi connectivity index (χ0) is 15.7. The fourth-order valence-corrected chi connectivity index (χ4v) is 5.37. The van der Waals surface area contributed by atoms with E-state index in [2.05, 4.69) is 10.2 Å². The van der Waals surface area contributed by atoms with Gasteiger partial charge in [0.1, 0.15) is 0 Å². The van der Waals surface area contributed by atoms with Gasteiger partial charge in [0.25, 0.3) is 5.91 Å². The number of aryl methyl sites for hydroxylation is 1. The summed E-state index contributed by atoms with van der Waals surface area (Å²) in [5.41, 5.74) is 0.757. The summed E-state index contributed by atoms with van der Waals surface area (Å²) in [6.45, 7) is 3.62. The Labute approximate surface area is 130 Å². The number of furan rings is 1. The molecule has 122 valence electrons. The molecule has 2 saturated heterocycles. The van der Waals surface area contributed by atoms with E-state index in [1.165, 1.54) is 12.7 Å². The van der Waals surface area contributed by atoms with Crippen LogP contribution >= 0.6 is 0 Å². The number of nitrogens with zero attached hydrogens (tertiary/aromatic N) is 1. The molecule has 3 heterocycles. The van der Waals surface area contributed by atoms with Crippen LogP contribution in [0, 0.1) is 6.92 Å². The van der Waals surface area contributed by atoms with Crippen LogP contribution in [-0.4, -0.2) is 55.9 Å². The van der Waals surface area contributed by atoms with Crippen LogP contribution in [-0.2, 0) is 9.84 Å². The Hall–Kier alpha value is -1.34. The standard InChI is InChI=1S/C15H22N2O4S/c1-11-5-8-21-14(11)15(18)16-12-9-22(19,20)10-13(12)17-6-3-2-4-7-17/h5,8,12-13H,2-4,6-7,9-10H2,1H3,(H,16,18)/t12-,13-/m1/s1. The van der Waals surface area contributed by atoms with Crippen molar-refractivity contribution in [2.24, 2.45) is 0 Å². The Morgan fingerprint density at radius 1 is 1.27 bits per heavy atom. The number of hydrogen-bond acceptors (Lipinski definition) is 5. The van der Waals surface area contributed by atoms with E-state index < -0.39 is 9.84 Å². The lowest BCUT2D eigenvalue weighted by Crippen LogP contribution is -2.52. The van der Waals surface area contributed by atoms with Gasteiger partial charge < -0.3 is 9.73 Å². The van der Waals surface area contributed by atoms with Gasteiger partial charge in [0, 0.05) is 11.6 Å². The van der Waals surface area contributed by atoms with Gasteiger partial charge in [-0.15, -0.1) is 0 Å². The lowest BCUT2D eigenvalue weighted by molar-refractivity contribution is 0.0872. The summed E-state index contributed by atoms with van der Waals surface area (Å²) in [5, 5.41) is 2.87. The molecule has 7 heteroatoms. The largest absolute Gasteiger partial charge is 0.459 e. The number of carbonyl (C=O) groups is 1. The Morgan fingerprint density at radius 3 is 2.64 bits per heavy atom. The molecule has 2 atom stereocenters. The minimum absolute atomic E-state index is 0.0136. The number of rotatable bonds is 3. The van der Waals surface area contributed by atoms with E-state index in [1.54, 1.807) is 13.0 Å². The van der Waals surface area contributed by atoms with Gasteiger partial charge in [0.2, 0.25) is 0 Å². The van der Waals surface area contributed by atoms with Gasteiger partial charge in [-0.05, 0) is 38.9 Å². The van der Waals surface area contributed by atoms with E-state index in [0.29, 0.717) is 0 Å². The molecule has 0 aromatic carbocycles. The number of piperidine rings is 1. The first-order chi connectivity index (χ1) is 10.5. The topological polar surface area (TPSA) is 79.6 Å². The zero-order valence-corrected chi connectivity index (χ0v) is 13.6. The first-order valence-corrected chi connectivity index (χ1v) is 9.58.